The summed E-state index contributed by atoms with van der Waals surface area (Å²) < 4.78 is 39.3. The van der Waals surface area contributed by atoms with Crippen LogP contribution in [0.1, 0.15) is 41.3 Å². The van der Waals surface area contributed by atoms with Gasteiger partial charge in [0.25, 0.3) is 5.91 Å². The van der Waals surface area contributed by atoms with E-state index < -0.39 is 10.0 Å². The number of nitrogens with zero attached hydrogens (tertiary/aromatic N) is 1. The van der Waals surface area contributed by atoms with E-state index in [9.17, 15) is 13.2 Å². The van der Waals surface area contributed by atoms with Crippen LogP contribution < -0.4 is 14.2 Å². The molecule has 1 fully saturated rings. The number of nitrogens with one attached hydrogen (secondary N) is 1. The van der Waals surface area contributed by atoms with Gasteiger partial charge in [-0.25, -0.2) is 13.1 Å². The first kappa shape index (κ1) is 24.1. The molecule has 0 atom stereocenters. The summed E-state index contributed by atoms with van der Waals surface area (Å²) in [6.07, 6.45) is 1.88. The second-order valence-corrected chi connectivity index (χ2v) is 10.0. The Kier molecular flexibility index (Phi) is 7.79. The minimum absolute atomic E-state index is 0.0266. The molecule has 0 unspecified atom stereocenters. The normalized spacial score (nSPS) is 14.9. The Balaban J connectivity index is 1.68. The lowest BCUT2D eigenvalue weighted by atomic mass is 9.98. The van der Waals surface area contributed by atoms with Crippen molar-refractivity contribution in [3.8, 4) is 11.5 Å². The maximum atomic E-state index is 13.1. The first-order valence-electron chi connectivity index (χ1n) is 10.9. The highest BCUT2D eigenvalue weighted by atomic mass is 32.2. The van der Waals surface area contributed by atoms with Gasteiger partial charge in [-0.05, 0) is 68.0 Å². The lowest BCUT2D eigenvalue weighted by molar-refractivity contribution is 0.0693. The maximum absolute atomic E-state index is 13.1. The lowest BCUT2D eigenvalue weighted by Gasteiger charge is -2.30. The van der Waals surface area contributed by atoms with E-state index in [4.69, 9.17) is 9.47 Å². The molecule has 1 aliphatic heterocycles. The van der Waals surface area contributed by atoms with Crippen LogP contribution in [0, 0.1) is 19.8 Å². The monoisotopic (exact) mass is 460 g/mol. The van der Waals surface area contributed by atoms with Gasteiger partial charge < -0.3 is 14.4 Å². The van der Waals surface area contributed by atoms with Gasteiger partial charge in [0.1, 0.15) is 18.1 Å². The zero-order valence-corrected chi connectivity index (χ0v) is 20.0. The third-order valence-electron chi connectivity index (χ3n) is 5.99. The number of benzene rings is 2. The average molecular weight is 461 g/mol. The van der Waals surface area contributed by atoms with Crippen molar-refractivity contribution in [3.05, 3.63) is 53.1 Å². The van der Waals surface area contributed by atoms with E-state index in [0.29, 0.717) is 24.8 Å². The van der Waals surface area contributed by atoms with Crippen LogP contribution in [0.15, 0.2) is 41.3 Å². The van der Waals surface area contributed by atoms with Crippen LogP contribution in [0.3, 0.4) is 0 Å². The Hall–Kier alpha value is -2.58. The van der Waals surface area contributed by atoms with Crippen LogP contribution in [0.4, 0.5) is 0 Å². The fourth-order valence-electron chi connectivity index (χ4n) is 3.70. The van der Waals surface area contributed by atoms with Gasteiger partial charge in [-0.1, -0.05) is 19.1 Å². The van der Waals surface area contributed by atoms with Crippen molar-refractivity contribution in [2.24, 2.45) is 5.92 Å². The predicted octanol–water partition coefficient (Wildman–Crippen LogP) is 3.54. The smallest absolute Gasteiger partial charge is 0.257 e. The molecule has 0 spiro atoms. The summed E-state index contributed by atoms with van der Waals surface area (Å²) in [7, 11) is -2.34. The van der Waals surface area contributed by atoms with Crippen molar-refractivity contribution in [1.82, 2.24) is 9.62 Å². The Morgan fingerprint density at radius 3 is 2.53 bits per heavy atom. The van der Waals surface area contributed by atoms with Crippen molar-refractivity contribution in [2.75, 3.05) is 33.4 Å². The summed E-state index contributed by atoms with van der Waals surface area (Å²) >= 11 is 0. The van der Waals surface area contributed by atoms with Crippen molar-refractivity contribution < 1.29 is 22.7 Å². The second kappa shape index (κ2) is 10.4. The molecule has 2 aromatic carbocycles. The molecule has 174 valence electrons. The van der Waals surface area contributed by atoms with Gasteiger partial charge in [0.15, 0.2) is 0 Å². The third-order valence-corrected chi connectivity index (χ3v) is 7.45. The fourth-order valence-corrected chi connectivity index (χ4v) is 4.74. The molecule has 2 aromatic rings. The van der Waals surface area contributed by atoms with Gasteiger partial charge in [0.2, 0.25) is 10.0 Å². The van der Waals surface area contributed by atoms with Crippen LogP contribution in [-0.4, -0.2) is 52.6 Å². The summed E-state index contributed by atoms with van der Waals surface area (Å²) in [5.74, 6) is 1.48. The number of ether oxygens (including phenoxy) is 2. The maximum Gasteiger partial charge on any atom is 0.257 e. The molecular weight excluding hydrogens is 428 g/mol. The van der Waals surface area contributed by atoms with Crippen LogP contribution in [0.2, 0.25) is 0 Å². The number of aryl methyl sites for hydroxylation is 1. The van der Waals surface area contributed by atoms with E-state index in [-0.39, 0.29) is 29.5 Å². The predicted molar refractivity (Wildman–Crippen MR) is 124 cm³/mol. The zero-order valence-electron chi connectivity index (χ0n) is 19.2. The first-order chi connectivity index (χ1) is 15.2. The molecule has 0 aromatic heterocycles. The molecule has 8 heteroatoms. The van der Waals surface area contributed by atoms with E-state index in [0.717, 1.165) is 29.7 Å². The van der Waals surface area contributed by atoms with E-state index in [1.807, 2.05) is 32.0 Å². The molecular formula is C24H32N2O5S. The number of carbonyl (C=O) groups is 1. The van der Waals surface area contributed by atoms with E-state index >= 15 is 0 Å². The quantitative estimate of drug-likeness (QED) is 0.609. The summed E-state index contributed by atoms with van der Waals surface area (Å²) in [5, 5.41) is 0. The van der Waals surface area contributed by atoms with Crippen LogP contribution in [0.25, 0.3) is 0 Å². The van der Waals surface area contributed by atoms with E-state index in [2.05, 4.69) is 11.6 Å². The highest BCUT2D eigenvalue weighted by Gasteiger charge is 2.26. The molecule has 32 heavy (non-hydrogen) atoms. The summed E-state index contributed by atoms with van der Waals surface area (Å²) in [6, 6.07) is 10.1. The Bertz CT molecular complexity index is 1060. The van der Waals surface area contributed by atoms with Crippen molar-refractivity contribution in [2.45, 2.75) is 38.5 Å². The highest BCUT2D eigenvalue weighted by molar-refractivity contribution is 7.89. The average Bonchev–Trinajstić information content (AvgIpc) is 2.79. The van der Waals surface area contributed by atoms with Gasteiger partial charge >= 0.3 is 0 Å². The number of carbonyl (C=O) groups excluding carboxylic acids is 1. The zero-order chi connectivity index (χ0) is 23.3. The molecule has 7 nitrogen and oxygen atoms in total. The lowest BCUT2D eigenvalue weighted by Crippen LogP contribution is -2.38. The van der Waals surface area contributed by atoms with Crippen molar-refractivity contribution in [1.29, 1.82) is 0 Å². The number of hydrogen-bond donors (Lipinski definition) is 1. The third kappa shape index (κ3) is 5.61. The molecule has 3 rings (SSSR count). The molecule has 0 bridgehead atoms. The summed E-state index contributed by atoms with van der Waals surface area (Å²) in [4.78, 5) is 14.8. The van der Waals surface area contributed by atoms with Crippen molar-refractivity contribution in [3.63, 3.8) is 0 Å². The van der Waals surface area contributed by atoms with Crippen molar-refractivity contribution >= 4 is 15.9 Å². The fraction of sp³-hybridized carbons (Fsp3) is 0.458. The largest absolute Gasteiger partial charge is 0.496 e. The van der Waals surface area contributed by atoms with Gasteiger partial charge in [-0.3, -0.25) is 4.79 Å². The van der Waals surface area contributed by atoms with E-state index in [1.165, 1.54) is 25.3 Å². The Morgan fingerprint density at radius 2 is 1.84 bits per heavy atom. The molecule has 1 N–H and O–H groups in total. The van der Waals surface area contributed by atoms with Gasteiger partial charge in [0, 0.05) is 19.6 Å². The van der Waals surface area contributed by atoms with Gasteiger partial charge in [-0.15, -0.1) is 0 Å². The SMILES string of the molecule is COc1ccc(S(=O)(=O)NCCOc2cccc(C)c2C)cc1C(=O)N1CCC(C)CC1. The molecule has 1 amide bonds. The minimum Gasteiger partial charge on any atom is -0.496 e. The number of sulfonamides is 1. The number of likely N-dealkylation sites (tertiary alicyclic amines) is 1. The summed E-state index contributed by atoms with van der Waals surface area (Å²) in [6.45, 7) is 7.76. The van der Waals surface area contributed by atoms with Crippen LogP contribution in [0.5, 0.6) is 11.5 Å². The van der Waals surface area contributed by atoms with E-state index in [1.54, 1.807) is 4.90 Å². The summed E-state index contributed by atoms with van der Waals surface area (Å²) in [5.41, 5.74) is 2.40. The minimum atomic E-state index is -3.81. The standard InChI is InChI=1S/C24H32N2O5S/c1-17-10-13-26(14-11-17)24(27)21-16-20(8-9-23(21)30-4)32(28,29)25-12-15-31-22-7-5-6-18(2)19(22)3/h5-9,16-17,25H,10-15H2,1-4H3. The number of methoxy groups -OCH3 is 1. The first-order valence-corrected chi connectivity index (χ1v) is 12.4. The topological polar surface area (TPSA) is 84.9 Å². The highest BCUT2D eigenvalue weighted by Crippen LogP contribution is 2.26. The number of rotatable bonds is 8. The van der Waals surface area contributed by atoms with Gasteiger partial charge in [0.05, 0.1) is 17.6 Å². The molecule has 0 radical (unpaired) electrons. The van der Waals surface area contributed by atoms with Gasteiger partial charge in [-0.2, -0.15) is 0 Å². The Morgan fingerprint density at radius 1 is 1.12 bits per heavy atom. The molecule has 1 aliphatic rings. The molecule has 1 saturated heterocycles. The number of hydrogen-bond acceptors (Lipinski definition) is 5. The number of piperidine rings is 1. The number of amides is 1. The Labute approximate surface area is 190 Å². The molecule has 1 heterocycles. The van der Waals surface area contributed by atoms with Crippen LogP contribution in [-0.2, 0) is 10.0 Å². The molecule has 0 aliphatic carbocycles. The second-order valence-electron chi connectivity index (χ2n) is 8.28. The molecule has 0 saturated carbocycles. The van der Waals surface area contributed by atoms with Crippen LogP contribution >= 0.6 is 0 Å².